The maximum Gasteiger partial charge on any atom is 0.306 e. The summed E-state index contributed by atoms with van der Waals surface area (Å²) in [6.07, 6.45) is 2.19. The molecule has 3 aromatic carbocycles. The Hall–Kier alpha value is -4.17. The lowest BCUT2D eigenvalue weighted by atomic mass is 9.93. The van der Waals surface area contributed by atoms with Crippen LogP contribution < -0.4 is 15.9 Å². The molecule has 0 fully saturated rings. The summed E-state index contributed by atoms with van der Waals surface area (Å²) in [5.74, 6) is 0.276. The van der Waals surface area contributed by atoms with Gasteiger partial charge in [-0.2, -0.15) is 5.10 Å². The fourth-order valence-electron chi connectivity index (χ4n) is 4.37. The number of furan rings is 1. The van der Waals surface area contributed by atoms with Crippen LogP contribution in [0.4, 0.5) is 11.4 Å². The number of rotatable bonds is 6. The molecule has 7 nitrogen and oxygen atoms in total. The van der Waals surface area contributed by atoms with Crippen molar-refractivity contribution in [3.8, 4) is 0 Å². The number of carbonyl (C=O) groups is 2. The number of nitrogens with one attached hydrogen (secondary N) is 2. The summed E-state index contributed by atoms with van der Waals surface area (Å²) in [6.45, 7) is 1.85. The van der Waals surface area contributed by atoms with Gasteiger partial charge in [0.05, 0.1) is 17.1 Å². The van der Waals surface area contributed by atoms with Gasteiger partial charge in [-0.15, -0.1) is 0 Å². The first-order valence-corrected chi connectivity index (χ1v) is 12.8. The van der Waals surface area contributed by atoms with E-state index in [1.807, 2.05) is 67.6 Å². The van der Waals surface area contributed by atoms with Crippen molar-refractivity contribution in [2.45, 2.75) is 26.2 Å². The smallest absolute Gasteiger partial charge is 0.306 e. The SMILES string of the molecule is Cc1c(C(=O)NN(c2ccccc2)c2ccccc2)oc2c1/C(=N/NC(=O)c1ccc(Br)cc1)CCC2. The number of hydrazine groups is 1. The van der Waals surface area contributed by atoms with Crippen LogP contribution in [-0.4, -0.2) is 17.5 Å². The lowest BCUT2D eigenvalue weighted by Crippen LogP contribution is -2.39. The zero-order valence-corrected chi connectivity index (χ0v) is 21.8. The highest BCUT2D eigenvalue weighted by atomic mass is 79.9. The Labute approximate surface area is 223 Å². The molecule has 0 atom stereocenters. The van der Waals surface area contributed by atoms with E-state index in [-0.39, 0.29) is 17.6 Å². The number of benzene rings is 3. The standard InChI is InChI=1S/C29H25BrN4O3/c1-19-26-24(31-32-28(35)20-15-17-21(30)18-16-20)13-8-14-25(26)37-27(19)29(36)33-34(22-9-4-2-5-10-22)23-11-6-3-7-12-23/h2-7,9-12,15-18H,8,13-14H2,1H3,(H,32,35)(H,33,36)/b31-24+. The number of halogens is 1. The van der Waals surface area contributed by atoms with Crippen molar-refractivity contribution in [3.05, 3.63) is 118 Å². The molecule has 186 valence electrons. The van der Waals surface area contributed by atoms with E-state index in [0.717, 1.165) is 27.8 Å². The number of hydrogen-bond acceptors (Lipinski definition) is 5. The first kappa shape index (κ1) is 24.5. The van der Waals surface area contributed by atoms with Gasteiger partial charge in [-0.25, -0.2) is 5.43 Å². The molecule has 37 heavy (non-hydrogen) atoms. The second kappa shape index (κ2) is 10.8. The molecule has 2 amide bonds. The highest BCUT2D eigenvalue weighted by molar-refractivity contribution is 9.10. The summed E-state index contributed by atoms with van der Waals surface area (Å²) < 4.78 is 6.96. The van der Waals surface area contributed by atoms with Crippen LogP contribution in [0.2, 0.25) is 0 Å². The van der Waals surface area contributed by atoms with Crippen molar-refractivity contribution < 1.29 is 14.0 Å². The minimum Gasteiger partial charge on any atom is -0.455 e. The molecule has 0 bridgehead atoms. The zero-order chi connectivity index (χ0) is 25.8. The van der Waals surface area contributed by atoms with Crippen LogP contribution >= 0.6 is 15.9 Å². The van der Waals surface area contributed by atoms with Gasteiger partial charge in [0.2, 0.25) is 0 Å². The van der Waals surface area contributed by atoms with Crippen LogP contribution in [0.15, 0.2) is 98.9 Å². The fourth-order valence-corrected chi connectivity index (χ4v) is 4.63. The third-order valence-corrected chi connectivity index (χ3v) is 6.70. The van der Waals surface area contributed by atoms with E-state index in [2.05, 4.69) is 31.9 Å². The molecule has 1 heterocycles. The van der Waals surface area contributed by atoms with Crippen molar-refractivity contribution >= 4 is 44.8 Å². The minimum atomic E-state index is -0.363. The van der Waals surface area contributed by atoms with Gasteiger partial charge >= 0.3 is 5.91 Å². The molecule has 0 spiro atoms. The fraction of sp³-hybridized carbons (Fsp3) is 0.138. The Morgan fingerprint density at radius 3 is 2.11 bits per heavy atom. The van der Waals surface area contributed by atoms with Gasteiger partial charge in [0.1, 0.15) is 5.76 Å². The largest absolute Gasteiger partial charge is 0.455 e. The summed E-state index contributed by atoms with van der Waals surface area (Å²) in [6, 6.07) is 26.3. The van der Waals surface area contributed by atoms with Gasteiger partial charge in [-0.3, -0.25) is 20.0 Å². The Morgan fingerprint density at radius 2 is 1.49 bits per heavy atom. The van der Waals surface area contributed by atoms with E-state index in [9.17, 15) is 9.59 Å². The topological polar surface area (TPSA) is 86.9 Å². The Bertz CT molecular complexity index is 1410. The minimum absolute atomic E-state index is 0.232. The number of aryl methyl sites for hydroxylation is 1. The van der Waals surface area contributed by atoms with Crippen molar-refractivity contribution in [2.24, 2.45) is 5.10 Å². The van der Waals surface area contributed by atoms with Gasteiger partial charge in [0.25, 0.3) is 5.91 Å². The first-order chi connectivity index (χ1) is 18.0. The van der Waals surface area contributed by atoms with Gasteiger partial charge < -0.3 is 4.42 Å². The summed E-state index contributed by atoms with van der Waals surface area (Å²) >= 11 is 3.37. The number of fused-ring (bicyclic) bond motifs is 1. The van der Waals surface area contributed by atoms with Crippen molar-refractivity contribution in [3.63, 3.8) is 0 Å². The molecule has 1 aliphatic carbocycles. The van der Waals surface area contributed by atoms with Crippen molar-refractivity contribution in [2.75, 3.05) is 5.01 Å². The average molecular weight is 557 g/mol. The molecule has 0 saturated heterocycles. The number of anilines is 2. The average Bonchev–Trinajstić information content (AvgIpc) is 3.28. The third kappa shape index (κ3) is 5.34. The normalized spacial score (nSPS) is 13.6. The molecular formula is C29H25BrN4O3. The van der Waals surface area contributed by atoms with Crippen LogP contribution in [0.25, 0.3) is 0 Å². The van der Waals surface area contributed by atoms with Gasteiger partial charge in [0.15, 0.2) is 5.76 Å². The third-order valence-electron chi connectivity index (χ3n) is 6.17. The molecule has 0 radical (unpaired) electrons. The number of para-hydroxylation sites is 2. The maximum absolute atomic E-state index is 13.5. The maximum atomic E-state index is 13.5. The molecule has 1 aliphatic rings. The van der Waals surface area contributed by atoms with E-state index in [4.69, 9.17) is 4.42 Å². The lowest BCUT2D eigenvalue weighted by molar-refractivity contribution is 0.0921. The number of amides is 2. The van der Waals surface area contributed by atoms with Crippen molar-refractivity contribution in [1.82, 2.24) is 10.9 Å². The molecule has 2 N–H and O–H groups in total. The van der Waals surface area contributed by atoms with Crippen LogP contribution in [0.1, 0.15) is 50.6 Å². The van der Waals surface area contributed by atoms with Crippen LogP contribution in [-0.2, 0) is 6.42 Å². The number of nitrogens with zero attached hydrogens (tertiary/aromatic N) is 2. The number of hydrazone groups is 1. The molecule has 0 unspecified atom stereocenters. The van der Waals surface area contributed by atoms with E-state index >= 15 is 0 Å². The summed E-state index contributed by atoms with van der Waals surface area (Å²) in [4.78, 5) is 26.0. The second-order valence-corrected chi connectivity index (χ2v) is 9.58. The zero-order valence-electron chi connectivity index (χ0n) is 20.2. The Balaban J connectivity index is 1.40. The molecule has 1 aromatic heterocycles. The summed E-state index contributed by atoms with van der Waals surface area (Å²) in [7, 11) is 0. The first-order valence-electron chi connectivity index (χ1n) is 12.0. The van der Waals surface area contributed by atoms with Gasteiger partial charge in [-0.05, 0) is 68.3 Å². The van der Waals surface area contributed by atoms with E-state index < -0.39 is 0 Å². The highest BCUT2D eigenvalue weighted by Crippen LogP contribution is 2.31. The van der Waals surface area contributed by atoms with Gasteiger partial charge in [0, 0.05) is 27.6 Å². The summed E-state index contributed by atoms with van der Waals surface area (Å²) in [5.41, 5.74) is 9.98. The Kier molecular flexibility index (Phi) is 7.18. The second-order valence-electron chi connectivity index (χ2n) is 8.66. The number of hydrogen-bond donors (Lipinski definition) is 2. The van der Waals surface area contributed by atoms with E-state index in [1.165, 1.54) is 0 Å². The van der Waals surface area contributed by atoms with Crippen LogP contribution in [0.5, 0.6) is 0 Å². The van der Waals surface area contributed by atoms with Crippen LogP contribution in [0.3, 0.4) is 0 Å². The quantitative estimate of drug-likeness (QED) is 0.272. The van der Waals surface area contributed by atoms with Crippen LogP contribution in [0, 0.1) is 6.92 Å². The number of carbonyl (C=O) groups excluding carboxylic acids is 2. The molecule has 4 aromatic rings. The van der Waals surface area contributed by atoms with Gasteiger partial charge in [-0.1, -0.05) is 52.3 Å². The molecule has 0 saturated carbocycles. The molecular weight excluding hydrogens is 532 g/mol. The molecule has 0 aliphatic heterocycles. The Morgan fingerprint density at radius 1 is 0.865 bits per heavy atom. The van der Waals surface area contributed by atoms with E-state index in [0.29, 0.717) is 35.4 Å². The van der Waals surface area contributed by atoms with E-state index in [1.54, 1.807) is 29.3 Å². The molecule has 8 heteroatoms. The predicted octanol–water partition coefficient (Wildman–Crippen LogP) is 6.30. The monoisotopic (exact) mass is 556 g/mol. The summed E-state index contributed by atoms with van der Waals surface area (Å²) in [5, 5.41) is 6.15. The lowest BCUT2D eigenvalue weighted by Gasteiger charge is -2.25. The highest BCUT2D eigenvalue weighted by Gasteiger charge is 2.29. The van der Waals surface area contributed by atoms with Crippen molar-refractivity contribution in [1.29, 1.82) is 0 Å². The molecule has 5 rings (SSSR count). The predicted molar refractivity (Wildman–Crippen MR) is 147 cm³/mol.